The lowest BCUT2D eigenvalue weighted by Crippen LogP contribution is -2.36. The maximum Gasteiger partial charge on any atom is 0.410 e. The van der Waals surface area contributed by atoms with E-state index < -0.39 is 5.60 Å². The minimum atomic E-state index is -0.480. The number of rotatable bonds is 2. The molecule has 4 heterocycles. The molecule has 4 atom stereocenters. The predicted molar refractivity (Wildman–Crippen MR) is 112 cm³/mol. The Labute approximate surface area is 171 Å². The van der Waals surface area contributed by atoms with Crippen LogP contribution in [-0.4, -0.2) is 47.8 Å². The van der Waals surface area contributed by atoms with Gasteiger partial charge in [-0.1, -0.05) is 22.0 Å². The molecule has 1 aromatic heterocycles. The number of nitrogens with zero attached hydrogens (tertiary/aromatic N) is 2. The number of aromatic amines is 1. The number of alkyl halides is 1. The van der Waals surface area contributed by atoms with Gasteiger partial charge in [0, 0.05) is 21.9 Å². The van der Waals surface area contributed by atoms with Gasteiger partial charge in [-0.05, 0) is 40.0 Å². The van der Waals surface area contributed by atoms with Crippen molar-refractivity contribution in [2.75, 3.05) is 6.54 Å². The summed E-state index contributed by atoms with van der Waals surface area (Å²) in [5.41, 5.74) is 0.592. The van der Waals surface area contributed by atoms with Crippen LogP contribution in [0.3, 0.4) is 0 Å². The van der Waals surface area contributed by atoms with Gasteiger partial charge in [-0.15, -0.1) is 23.5 Å². The molecule has 8 heteroatoms. The van der Waals surface area contributed by atoms with E-state index in [1.807, 2.05) is 55.4 Å². The third kappa shape index (κ3) is 3.83. The second-order valence-corrected chi connectivity index (χ2v) is 12.3. The molecule has 26 heavy (non-hydrogen) atoms. The highest BCUT2D eigenvalue weighted by Gasteiger charge is 2.39. The molecule has 1 amide bonds. The topological polar surface area (TPSA) is 58.2 Å². The maximum atomic E-state index is 12.5. The Morgan fingerprint density at radius 3 is 3.00 bits per heavy atom. The van der Waals surface area contributed by atoms with Crippen molar-refractivity contribution in [1.29, 1.82) is 0 Å². The van der Waals surface area contributed by atoms with Crippen molar-refractivity contribution in [1.82, 2.24) is 14.9 Å². The van der Waals surface area contributed by atoms with Gasteiger partial charge in [0.1, 0.15) is 11.4 Å². The van der Waals surface area contributed by atoms with Crippen molar-refractivity contribution in [3.8, 4) is 0 Å². The van der Waals surface area contributed by atoms with Crippen molar-refractivity contribution in [2.45, 2.75) is 66.3 Å². The van der Waals surface area contributed by atoms with Crippen molar-refractivity contribution in [3.05, 3.63) is 23.8 Å². The second kappa shape index (κ2) is 7.09. The zero-order chi connectivity index (χ0) is 18.5. The summed E-state index contributed by atoms with van der Waals surface area (Å²) >= 11 is 7.65. The fraction of sp³-hybridized carbons (Fsp3) is 0.667. The van der Waals surface area contributed by atoms with Crippen LogP contribution in [0, 0.1) is 0 Å². The lowest BCUT2D eigenvalue weighted by atomic mass is 10.2. The monoisotopic (exact) mass is 457 g/mol. The summed E-state index contributed by atoms with van der Waals surface area (Å²) in [4.78, 5) is 23.7. The van der Waals surface area contributed by atoms with Crippen molar-refractivity contribution >= 4 is 50.5 Å². The van der Waals surface area contributed by atoms with Crippen molar-refractivity contribution in [3.63, 3.8) is 0 Å². The Hall–Kier alpha value is -0.600. The largest absolute Gasteiger partial charge is 0.444 e. The van der Waals surface area contributed by atoms with E-state index in [4.69, 9.17) is 4.74 Å². The first kappa shape index (κ1) is 18.7. The van der Waals surface area contributed by atoms with Crippen LogP contribution in [0.2, 0.25) is 0 Å². The van der Waals surface area contributed by atoms with Crippen LogP contribution < -0.4 is 0 Å². The molecule has 3 unspecified atom stereocenters. The average molecular weight is 458 g/mol. The zero-order valence-electron chi connectivity index (χ0n) is 15.2. The van der Waals surface area contributed by atoms with Gasteiger partial charge >= 0.3 is 6.09 Å². The third-order valence-corrected chi connectivity index (χ3v) is 8.60. The van der Waals surface area contributed by atoms with Gasteiger partial charge in [0.25, 0.3) is 0 Å². The van der Waals surface area contributed by atoms with Gasteiger partial charge in [0.15, 0.2) is 0 Å². The van der Waals surface area contributed by atoms with Gasteiger partial charge in [-0.25, -0.2) is 9.78 Å². The third-order valence-electron chi connectivity index (χ3n) is 4.74. The number of thioether (sulfide) groups is 2. The van der Waals surface area contributed by atoms with Crippen LogP contribution in [0.25, 0.3) is 4.91 Å². The molecule has 0 aliphatic carbocycles. The van der Waals surface area contributed by atoms with Crippen LogP contribution >= 0.6 is 39.5 Å². The number of amides is 1. The number of ether oxygens (including phenoxy) is 1. The molecule has 0 aromatic carbocycles. The minimum absolute atomic E-state index is 0.0219. The Balaban J connectivity index is 1.48. The van der Waals surface area contributed by atoms with E-state index in [1.165, 1.54) is 11.3 Å². The summed E-state index contributed by atoms with van der Waals surface area (Å²) in [7, 11) is 0. The summed E-state index contributed by atoms with van der Waals surface area (Å²) in [5.74, 6) is 0.868. The fourth-order valence-corrected chi connectivity index (χ4v) is 8.03. The second-order valence-electron chi connectivity index (χ2n) is 7.95. The number of hydrogen-bond donors (Lipinski definition) is 1. The number of hydrogen-bond acceptors (Lipinski definition) is 5. The Morgan fingerprint density at radius 1 is 1.46 bits per heavy atom. The molecule has 3 aliphatic heterocycles. The van der Waals surface area contributed by atoms with E-state index in [-0.39, 0.29) is 12.1 Å². The first-order valence-electron chi connectivity index (χ1n) is 9.03. The number of aromatic nitrogens is 2. The summed E-state index contributed by atoms with van der Waals surface area (Å²) < 4.78 is 6.13. The molecule has 0 bridgehead atoms. The molecule has 142 valence electrons. The lowest BCUT2D eigenvalue weighted by molar-refractivity contribution is 0.0218. The zero-order valence-corrected chi connectivity index (χ0v) is 18.4. The van der Waals surface area contributed by atoms with E-state index in [0.29, 0.717) is 14.7 Å². The number of carbonyl (C=O) groups is 1. The predicted octanol–water partition coefficient (Wildman–Crippen LogP) is 5.16. The van der Waals surface area contributed by atoms with E-state index in [0.717, 1.165) is 30.9 Å². The molecule has 0 saturated carbocycles. The van der Waals surface area contributed by atoms with Gasteiger partial charge in [-0.2, -0.15) is 0 Å². The first-order valence-corrected chi connectivity index (χ1v) is 11.8. The summed E-state index contributed by atoms with van der Waals surface area (Å²) in [6.45, 7) is 6.42. The summed E-state index contributed by atoms with van der Waals surface area (Å²) in [6.07, 6.45) is 7.11. The number of H-pyrrole nitrogens is 1. The molecule has 0 spiro atoms. The standard InChI is InChI=1S/C18H24BrN3O2S2/c1-18(2,3)24-17(23)22-6-4-5-11(22)16-20-9-10(21-16)12-7-13-14(25-12)8-15(19)26-13/h7,9,11,13-15H,4-6,8H2,1-3H3,(H,20,21)/t11-,13?,14?,15?/m0/s1. The van der Waals surface area contributed by atoms with Crippen LogP contribution in [0.4, 0.5) is 4.79 Å². The fourth-order valence-electron chi connectivity index (χ4n) is 3.62. The highest BCUT2D eigenvalue weighted by molar-refractivity contribution is 9.11. The summed E-state index contributed by atoms with van der Waals surface area (Å²) in [5, 5.41) is 1.23. The van der Waals surface area contributed by atoms with Gasteiger partial charge in [0.05, 0.1) is 22.1 Å². The smallest absolute Gasteiger partial charge is 0.410 e. The quantitative estimate of drug-likeness (QED) is 0.620. The molecule has 1 N–H and O–H groups in total. The number of fused-ring (bicyclic) bond motifs is 1. The van der Waals surface area contributed by atoms with Gasteiger partial charge in [-0.3, -0.25) is 4.90 Å². The lowest BCUT2D eigenvalue weighted by Gasteiger charge is -2.27. The van der Waals surface area contributed by atoms with Crippen LogP contribution in [0.15, 0.2) is 12.3 Å². The van der Waals surface area contributed by atoms with Crippen molar-refractivity contribution in [2.24, 2.45) is 0 Å². The van der Waals surface area contributed by atoms with Crippen LogP contribution in [0.1, 0.15) is 57.6 Å². The van der Waals surface area contributed by atoms with Crippen LogP contribution in [-0.2, 0) is 4.74 Å². The first-order chi connectivity index (χ1) is 12.3. The molecule has 0 radical (unpaired) electrons. The SMILES string of the molecule is CC(C)(C)OC(=O)N1CCC[C@H]1c1ncc(C2=CC3SC(Br)CC3S2)[nH]1. The molecule has 2 fully saturated rings. The van der Waals surface area contributed by atoms with Gasteiger partial charge in [0.2, 0.25) is 0 Å². The molecular formula is C18H24BrN3O2S2. The molecule has 3 aliphatic rings. The van der Waals surface area contributed by atoms with Crippen molar-refractivity contribution < 1.29 is 9.53 Å². The summed E-state index contributed by atoms with van der Waals surface area (Å²) in [6, 6.07) is -0.0219. The van der Waals surface area contributed by atoms with E-state index in [1.54, 1.807) is 0 Å². The number of nitrogens with one attached hydrogen (secondary N) is 1. The molecule has 4 rings (SSSR count). The van der Waals surface area contributed by atoms with Crippen LogP contribution in [0.5, 0.6) is 0 Å². The normalized spacial score (nSPS) is 31.2. The Bertz CT molecular complexity index is 730. The Morgan fingerprint density at radius 2 is 2.27 bits per heavy atom. The molecular weight excluding hydrogens is 434 g/mol. The maximum absolute atomic E-state index is 12.5. The number of carbonyl (C=O) groups excluding carboxylic acids is 1. The highest BCUT2D eigenvalue weighted by atomic mass is 79.9. The van der Waals surface area contributed by atoms with Gasteiger partial charge < -0.3 is 9.72 Å². The highest BCUT2D eigenvalue weighted by Crippen LogP contribution is 2.53. The van der Waals surface area contributed by atoms with E-state index in [2.05, 4.69) is 32.0 Å². The minimum Gasteiger partial charge on any atom is -0.444 e. The van der Waals surface area contributed by atoms with E-state index in [9.17, 15) is 4.79 Å². The number of imidazole rings is 1. The number of likely N-dealkylation sites (tertiary alicyclic amines) is 1. The average Bonchev–Trinajstić information content (AvgIpc) is 3.27. The Kier molecular flexibility index (Phi) is 5.11. The molecule has 2 saturated heterocycles. The van der Waals surface area contributed by atoms with E-state index >= 15 is 0 Å². The molecule has 5 nitrogen and oxygen atoms in total. The molecule has 1 aromatic rings. The number of halogens is 1.